The average Bonchev–Trinajstić information content (AvgIpc) is 3.27. The maximum atomic E-state index is 2.30. The van der Waals surface area contributed by atoms with Gasteiger partial charge >= 0.3 is 25.8 Å². The Bertz CT molecular complexity index is 530. The van der Waals surface area contributed by atoms with E-state index in [2.05, 4.69) is 69.2 Å². The maximum absolute atomic E-state index is 2.30. The fourth-order valence-electron chi connectivity index (χ4n) is 6.09. The van der Waals surface area contributed by atoms with Gasteiger partial charge in [-0.25, -0.2) is 0 Å². The van der Waals surface area contributed by atoms with Crippen LogP contribution in [-0.2, 0) is 90.1 Å². The van der Waals surface area contributed by atoms with Crippen molar-refractivity contribution in [2.45, 2.75) is 133 Å². The van der Waals surface area contributed by atoms with E-state index >= 15 is 0 Å². The number of hydrogen-bond donors (Lipinski definition) is 0. The Morgan fingerprint density at radius 3 is 0.636 bits per heavy atom. The van der Waals surface area contributed by atoms with Crippen molar-refractivity contribution in [2.75, 3.05) is 0 Å². The topological polar surface area (TPSA) is 0 Å². The van der Waals surface area contributed by atoms with Crippen molar-refractivity contribution in [2.24, 2.45) is 0 Å². The van der Waals surface area contributed by atoms with Crippen LogP contribution in [0.25, 0.3) is 0 Å². The third kappa shape index (κ3) is 8.08. The molecule has 0 aromatic heterocycles. The number of halogens is 2. The van der Waals surface area contributed by atoms with Gasteiger partial charge in [0.2, 0.25) is 0 Å². The summed E-state index contributed by atoms with van der Waals surface area (Å²) >= 11 is 0. The molecule has 0 aliphatic carbocycles. The molecule has 0 radical (unpaired) electrons. The first-order chi connectivity index (χ1) is 14.5. The van der Waals surface area contributed by atoms with Gasteiger partial charge in [0.05, 0.1) is 0 Å². The quantitative estimate of drug-likeness (QED) is 0.272. The first-order valence-electron chi connectivity index (χ1n) is 13.1. The first-order valence-corrected chi connectivity index (χ1v) is 13.1. The van der Waals surface area contributed by atoms with E-state index in [1.54, 1.807) is 55.6 Å². The molecule has 0 nitrogen and oxygen atoms in total. The Morgan fingerprint density at radius 2 is 0.545 bits per heavy atom. The van der Waals surface area contributed by atoms with Crippen molar-refractivity contribution in [3.8, 4) is 0 Å². The fourth-order valence-corrected chi connectivity index (χ4v) is 6.09. The second-order valence-electron chi connectivity index (χ2n) is 8.32. The molecule has 0 heterocycles. The Hall–Kier alpha value is 0.150. The molecule has 188 valence electrons. The third-order valence-electron chi connectivity index (χ3n) is 7.18. The summed E-state index contributed by atoms with van der Waals surface area (Å²) in [5, 5.41) is 0. The maximum Gasteiger partial charge on any atom is 4.00 e. The van der Waals surface area contributed by atoms with Gasteiger partial charge in [-0.3, -0.25) is 0 Å². The molecule has 2 aromatic rings. The summed E-state index contributed by atoms with van der Waals surface area (Å²) in [5.41, 5.74) is 16.6. The van der Waals surface area contributed by atoms with Crippen LogP contribution in [0.4, 0.5) is 0 Å². The van der Waals surface area contributed by atoms with Crippen LogP contribution in [-0.4, -0.2) is 0 Å². The minimum atomic E-state index is 0. The molecule has 0 aliphatic heterocycles. The van der Waals surface area contributed by atoms with Crippen molar-refractivity contribution in [1.82, 2.24) is 0 Å². The second kappa shape index (κ2) is 19.4. The van der Waals surface area contributed by atoms with Crippen LogP contribution in [0.2, 0.25) is 0 Å². The van der Waals surface area contributed by atoms with Crippen LogP contribution in [0.1, 0.15) is 125 Å². The smallest absolute Gasteiger partial charge is 1.00 e. The average molecular weight is 660 g/mol. The van der Waals surface area contributed by atoms with Gasteiger partial charge in [-0.05, 0) is 0 Å². The zero-order chi connectivity index (χ0) is 22.8. The van der Waals surface area contributed by atoms with Gasteiger partial charge in [-0.1, -0.05) is 133 Å². The summed E-state index contributed by atoms with van der Waals surface area (Å²) in [7, 11) is 0. The van der Waals surface area contributed by atoms with Crippen LogP contribution in [0.3, 0.4) is 0 Å². The summed E-state index contributed by atoms with van der Waals surface area (Å²) in [4.78, 5) is 0. The summed E-state index contributed by atoms with van der Waals surface area (Å²) in [6.45, 7) is 23.0. The van der Waals surface area contributed by atoms with Gasteiger partial charge < -0.3 is 24.8 Å². The molecule has 0 aliphatic rings. The summed E-state index contributed by atoms with van der Waals surface area (Å²) in [6, 6.07) is 0. The molecular formula is C30H50Cl2Hf. The molecule has 0 bridgehead atoms. The monoisotopic (exact) mass is 660 g/mol. The van der Waals surface area contributed by atoms with Crippen LogP contribution < -0.4 is 24.8 Å². The minimum Gasteiger partial charge on any atom is -1.00 e. The standard InChI is InChI=1S/2C15H25.2ClH.Hf/c2*1-6-11-12(7-2)14(9-4)15(10-5)13(11)8-3;;;/h2*6-10H2,1-5H3;2*1H;/q2*-1;;;+4/p-2. The molecule has 0 spiro atoms. The normalized spacial score (nSPS) is 10.0. The Labute approximate surface area is 238 Å². The van der Waals surface area contributed by atoms with Crippen LogP contribution in [0, 0.1) is 0 Å². The number of hydrogen-bond acceptors (Lipinski definition) is 0. The van der Waals surface area contributed by atoms with E-state index in [1.165, 1.54) is 64.2 Å². The summed E-state index contributed by atoms with van der Waals surface area (Å²) in [5.74, 6) is 0. The van der Waals surface area contributed by atoms with E-state index < -0.39 is 0 Å². The molecular weight excluding hydrogens is 610 g/mol. The molecule has 33 heavy (non-hydrogen) atoms. The second-order valence-corrected chi connectivity index (χ2v) is 8.32. The zero-order valence-corrected chi connectivity index (χ0v) is 28.4. The van der Waals surface area contributed by atoms with E-state index in [9.17, 15) is 0 Å². The van der Waals surface area contributed by atoms with Gasteiger partial charge in [-0.2, -0.15) is 55.6 Å². The molecule has 0 fully saturated rings. The van der Waals surface area contributed by atoms with E-state index in [0.29, 0.717) is 0 Å². The molecule has 2 aromatic carbocycles. The van der Waals surface area contributed by atoms with E-state index in [-0.39, 0.29) is 50.7 Å². The molecule has 0 atom stereocenters. The first kappa shape index (κ1) is 37.7. The molecule has 0 N–H and O–H groups in total. The Kier molecular flexibility index (Phi) is 22.1. The van der Waals surface area contributed by atoms with E-state index in [1.807, 2.05) is 0 Å². The van der Waals surface area contributed by atoms with Crippen molar-refractivity contribution < 1.29 is 50.7 Å². The minimum absolute atomic E-state index is 0. The van der Waals surface area contributed by atoms with Crippen molar-refractivity contribution in [3.63, 3.8) is 0 Å². The summed E-state index contributed by atoms with van der Waals surface area (Å²) < 4.78 is 0. The molecule has 3 heteroatoms. The summed E-state index contributed by atoms with van der Waals surface area (Å²) in [6.07, 6.45) is 12.1. The molecule has 0 saturated carbocycles. The predicted molar refractivity (Wildman–Crippen MR) is 138 cm³/mol. The third-order valence-corrected chi connectivity index (χ3v) is 7.18. The SMILES string of the molecule is CCc1c(CC)c(CC)[c-](CC)c1CC.CCc1c(CC)c(CC)[c-](CC)c1CC.[Cl-].[Cl-].[Hf+4]. The Balaban J connectivity index is -0.000000500. The number of rotatable bonds is 10. The zero-order valence-electron chi connectivity index (χ0n) is 23.3. The van der Waals surface area contributed by atoms with E-state index in [4.69, 9.17) is 0 Å². The molecule has 0 saturated heterocycles. The van der Waals surface area contributed by atoms with Gasteiger partial charge in [0, 0.05) is 0 Å². The largest absolute Gasteiger partial charge is 4.00 e. The van der Waals surface area contributed by atoms with Crippen molar-refractivity contribution >= 4 is 0 Å². The predicted octanol–water partition coefficient (Wildman–Crippen LogP) is 2.44. The molecule has 2 rings (SSSR count). The van der Waals surface area contributed by atoms with Crippen molar-refractivity contribution in [3.05, 3.63) is 55.6 Å². The Morgan fingerprint density at radius 1 is 0.364 bits per heavy atom. The fraction of sp³-hybridized carbons (Fsp3) is 0.667. The molecule has 0 unspecified atom stereocenters. The molecule has 0 amide bonds. The van der Waals surface area contributed by atoms with Crippen LogP contribution in [0.5, 0.6) is 0 Å². The van der Waals surface area contributed by atoms with Crippen molar-refractivity contribution in [1.29, 1.82) is 0 Å². The van der Waals surface area contributed by atoms with E-state index in [0.717, 1.165) is 0 Å². The van der Waals surface area contributed by atoms with Crippen LogP contribution >= 0.6 is 0 Å². The van der Waals surface area contributed by atoms with Gasteiger partial charge in [0.25, 0.3) is 0 Å². The van der Waals surface area contributed by atoms with Gasteiger partial charge in [0.1, 0.15) is 0 Å². The van der Waals surface area contributed by atoms with Gasteiger partial charge in [-0.15, -0.1) is 0 Å². The van der Waals surface area contributed by atoms with Crippen LogP contribution in [0.15, 0.2) is 0 Å². The van der Waals surface area contributed by atoms with Gasteiger partial charge in [0.15, 0.2) is 0 Å².